The standard InChI is InChI=1S/C13H20N6OS2/c1-19(2)9-10-5-3-6-11(16-10)21-8-4-7-15-13-12(14)17-22(20)18-13/h3,5-6H,4,7-9H2,1-2H3,(H2,14,17)(H,15,18). The van der Waals surface area contributed by atoms with Gasteiger partial charge in [-0.3, -0.25) is 4.99 Å². The van der Waals surface area contributed by atoms with E-state index in [1.165, 1.54) is 0 Å². The summed E-state index contributed by atoms with van der Waals surface area (Å²) in [5.74, 6) is 1.12. The van der Waals surface area contributed by atoms with Crippen LogP contribution in [0.1, 0.15) is 12.1 Å². The number of anilines is 1. The lowest BCUT2D eigenvalue weighted by atomic mass is 10.3. The van der Waals surface area contributed by atoms with E-state index < -0.39 is 11.1 Å². The Bertz CT molecular complexity index is 667. The van der Waals surface area contributed by atoms with Crippen LogP contribution in [0.5, 0.6) is 0 Å². The van der Waals surface area contributed by atoms with E-state index in [0.29, 0.717) is 12.0 Å². The molecule has 2 aromatic rings. The number of aromatic amines is 1. The molecule has 0 radical (unpaired) electrons. The summed E-state index contributed by atoms with van der Waals surface area (Å²) in [6.07, 6.45) is 0.884. The molecule has 2 rings (SSSR count). The Labute approximate surface area is 136 Å². The number of aromatic nitrogens is 3. The van der Waals surface area contributed by atoms with Crippen LogP contribution < -0.4 is 11.2 Å². The highest BCUT2D eigenvalue weighted by Gasteiger charge is 2.03. The number of nitrogens with two attached hydrogens (primary N) is 1. The summed E-state index contributed by atoms with van der Waals surface area (Å²) in [4.78, 5) is 11.0. The summed E-state index contributed by atoms with van der Waals surface area (Å²) in [5.41, 5.74) is 7.07. The Hall–Kier alpha value is -1.42. The minimum absolute atomic E-state index is 0.212. The second-order valence-electron chi connectivity index (χ2n) is 4.97. The normalized spacial score (nSPS) is 13.1. The van der Waals surface area contributed by atoms with Gasteiger partial charge in [0.25, 0.3) is 0 Å². The maximum atomic E-state index is 11.1. The Morgan fingerprint density at radius 2 is 2.27 bits per heavy atom. The molecule has 9 heteroatoms. The zero-order valence-corrected chi connectivity index (χ0v) is 14.3. The first-order valence-electron chi connectivity index (χ1n) is 6.85. The quantitative estimate of drug-likeness (QED) is 0.446. The van der Waals surface area contributed by atoms with Gasteiger partial charge in [-0.15, -0.1) is 16.1 Å². The first-order valence-corrected chi connectivity index (χ1v) is 8.95. The molecular weight excluding hydrogens is 320 g/mol. The van der Waals surface area contributed by atoms with Crippen molar-refractivity contribution in [3.63, 3.8) is 0 Å². The van der Waals surface area contributed by atoms with E-state index in [4.69, 9.17) is 5.73 Å². The fraction of sp³-hybridized carbons (Fsp3) is 0.462. The Balaban J connectivity index is 1.79. The molecule has 2 aromatic heterocycles. The summed E-state index contributed by atoms with van der Waals surface area (Å²) in [6, 6.07) is 6.08. The van der Waals surface area contributed by atoms with Crippen LogP contribution in [-0.4, -0.2) is 49.6 Å². The third-order valence-electron chi connectivity index (χ3n) is 2.69. The predicted octanol–water partition coefficient (Wildman–Crippen LogP) is 1.26. The van der Waals surface area contributed by atoms with Crippen LogP contribution in [0.4, 0.5) is 5.82 Å². The summed E-state index contributed by atoms with van der Waals surface area (Å²) in [6.45, 7) is 1.45. The number of nitrogens with zero attached hydrogens (tertiary/aromatic N) is 4. The number of nitrogen functional groups attached to an aromatic ring is 1. The van der Waals surface area contributed by atoms with Crippen molar-refractivity contribution in [2.75, 3.05) is 32.1 Å². The predicted molar refractivity (Wildman–Crippen MR) is 89.1 cm³/mol. The summed E-state index contributed by atoms with van der Waals surface area (Å²) in [5, 5.41) is 1.02. The Morgan fingerprint density at radius 1 is 1.45 bits per heavy atom. The van der Waals surface area contributed by atoms with Crippen LogP contribution in [0.15, 0.2) is 28.2 Å². The number of hydrogen-bond donors (Lipinski definition) is 2. The molecule has 0 amide bonds. The second kappa shape index (κ2) is 8.28. The molecule has 1 unspecified atom stereocenters. The Morgan fingerprint density at radius 3 is 2.95 bits per heavy atom. The van der Waals surface area contributed by atoms with Crippen molar-refractivity contribution >= 4 is 28.7 Å². The van der Waals surface area contributed by atoms with Crippen LogP contribution in [0.25, 0.3) is 0 Å². The monoisotopic (exact) mass is 340 g/mol. The molecule has 0 aliphatic heterocycles. The van der Waals surface area contributed by atoms with Crippen LogP contribution in [0, 0.1) is 0 Å². The maximum Gasteiger partial charge on any atom is 0.229 e. The number of H-pyrrole nitrogens is 1. The number of hydrogen-bond acceptors (Lipinski definition) is 7. The first kappa shape index (κ1) is 16.9. The molecule has 0 fully saturated rings. The van der Waals surface area contributed by atoms with Crippen molar-refractivity contribution in [1.82, 2.24) is 18.6 Å². The van der Waals surface area contributed by atoms with Crippen molar-refractivity contribution in [2.24, 2.45) is 4.99 Å². The van der Waals surface area contributed by atoms with Gasteiger partial charge in [-0.25, -0.2) is 4.98 Å². The summed E-state index contributed by atoms with van der Waals surface area (Å²) in [7, 11) is 4.06. The van der Waals surface area contributed by atoms with E-state index in [2.05, 4.69) is 23.6 Å². The van der Waals surface area contributed by atoms with Crippen molar-refractivity contribution in [3.05, 3.63) is 29.4 Å². The Kier molecular flexibility index (Phi) is 6.37. The molecule has 3 N–H and O–H groups in total. The average Bonchev–Trinajstić information content (AvgIpc) is 2.76. The van der Waals surface area contributed by atoms with E-state index in [0.717, 1.165) is 29.4 Å². The van der Waals surface area contributed by atoms with E-state index in [1.807, 2.05) is 32.3 Å². The molecule has 120 valence electrons. The molecule has 1 atom stereocenters. The molecule has 0 aliphatic rings. The maximum absolute atomic E-state index is 11.1. The lowest BCUT2D eigenvalue weighted by Gasteiger charge is -2.09. The molecular formula is C13H20N6OS2. The van der Waals surface area contributed by atoms with Crippen LogP contribution in [0.3, 0.4) is 0 Å². The number of rotatable bonds is 7. The third kappa shape index (κ3) is 5.41. The number of nitrogens with one attached hydrogen (secondary N) is 1. The van der Waals surface area contributed by atoms with Crippen molar-refractivity contribution < 1.29 is 4.55 Å². The molecule has 0 aliphatic carbocycles. The highest BCUT2D eigenvalue weighted by molar-refractivity contribution is 7.99. The van der Waals surface area contributed by atoms with Crippen molar-refractivity contribution in [2.45, 2.75) is 18.0 Å². The van der Waals surface area contributed by atoms with Gasteiger partial charge < -0.3 is 15.2 Å². The molecule has 0 bridgehead atoms. The van der Waals surface area contributed by atoms with Crippen LogP contribution in [-0.2, 0) is 6.54 Å². The first-order chi connectivity index (χ1) is 10.5. The zero-order valence-electron chi connectivity index (χ0n) is 12.7. The van der Waals surface area contributed by atoms with E-state index in [9.17, 15) is 4.55 Å². The van der Waals surface area contributed by atoms with Gasteiger partial charge in [0, 0.05) is 23.2 Å². The second-order valence-corrected chi connectivity index (χ2v) is 6.97. The van der Waals surface area contributed by atoms with Gasteiger partial charge in [-0.2, -0.15) is 0 Å². The minimum Gasteiger partial charge on any atom is -0.548 e. The molecule has 0 saturated carbocycles. The van der Waals surface area contributed by atoms with E-state index >= 15 is 0 Å². The highest BCUT2D eigenvalue weighted by Crippen LogP contribution is 2.16. The van der Waals surface area contributed by atoms with Gasteiger partial charge in [0.15, 0.2) is 11.1 Å². The lowest BCUT2D eigenvalue weighted by Crippen LogP contribution is -2.11. The molecule has 0 aromatic carbocycles. The summed E-state index contributed by atoms with van der Waals surface area (Å²) < 4.78 is 17.3. The van der Waals surface area contributed by atoms with Gasteiger partial charge in [-0.1, -0.05) is 6.07 Å². The van der Waals surface area contributed by atoms with Crippen LogP contribution in [0.2, 0.25) is 0 Å². The SMILES string of the molecule is CN(C)Cc1cccc(SCCCN=c2[nH][s+]([O-])nc2N)n1. The third-order valence-corrected chi connectivity index (χ3v) is 4.44. The van der Waals surface area contributed by atoms with Gasteiger partial charge in [-0.05, 0) is 32.6 Å². The largest absolute Gasteiger partial charge is 0.548 e. The summed E-state index contributed by atoms with van der Waals surface area (Å²) >= 11 is 0.240. The minimum atomic E-state index is -1.46. The van der Waals surface area contributed by atoms with Gasteiger partial charge in [0.1, 0.15) is 0 Å². The topological polar surface area (TPSA) is 106 Å². The lowest BCUT2D eigenvalue weighted by molar-refractivity contribution is 0.395. The molecule has 0 spiro atoms. The van der Waals surface area contributed by atoms with Crippen LogP contribution >= 0.6 is 22.9 Å². The highest BCUT2D eigenvalue weighted by atomic mass is 32.2. The van der Waals surface area contributed by atoms with Gasteiger partial charge in [0.05, 0.1) is 10.7 Å². The van der Waals surface area contributed by atoms with Crippen molar-refractivity contribution in [1.29, 1.82) is 0 Å². The average molecular weight is 340 g/mol. The molecule has 2 heterocycles. The zero-order chi connectivity index (χ0) is 15.9. The van der Waals surface area contributed by atoms with Gasteiger partial charge in [0.2, 0.25) is 11.3 Å². The fourth-order valence-corrected chi connectivity index (χ4v) is 3.27. The number of thioether (sulfide) groups is 1. The van der Waals surface area contributed by atoms with Crippen molar-refractivity contribution in [3.8, 4) is 0 Å². The van der Waals surface area contributed by atoms with E-state index in [1.54, 1.807) is 11.8 Å². The fourth-order valence-electron chi connectivity index (χ4n) is 1.79. The molecule has 22 heavy (non-hydrogen) atoms. The smallest absolute Gasteiger partial charge is 0.229 e. The molecule has 7 nitrogen and oxygen atoms in total. The van der Waals surface area contributed by atoms with Gasteiger partial charge >= 0.3 is 0 Å². The number of pyridine rings is 1. The molecule has 0 saturated heterocycles. The van der Waals surface area contributed by atoms with E-state index in [-0.39, 0.29) is 5.82 Å².